The fourth-order valence-electron chi connectivity index (χ4n) is 4.62. The molecule has 0 spiro atoms. The standard InChI is InChI=1S/C26H23N3O6/c1-33-16-10-8-15(9-11-16)27-21(30)14-28-24-18-12-13-20(34-2)23(35-3)22(18)26(32)29(24)19-7-5-4-6-17(19)25(28)31/h4-13,24H,14H2,1-3H3,(H,27,30)/t24-/m1/s1. The highest BCUT2D eigenvalue weighted by atomic mass is 16.5. The van der Waals surface area contributed by atoms with Crippen molar-refractivity contribution in [3.8, 4) is 17.2 Å². The third kappa shape index (κ3) is 3.52. The van der Waals surface area contributed by atoms with Crippen molar-refractivity contribution in [2.45, 2.75) is 6.17 Å². The number of para-hydroxylation sites is 1. The molecule has 9 heteroatoms. The van der Waals surface area contributed by atoms with Gasteiger partial charge in [0.05, 0.1) is 38.1 Å². The van der Waals surface area contributed by atoms with Crippen molar-refractivity contribution in [1.82, 2.24) is 4.90 Å². The molecule has 2 aliphatic heterocycles. The van der Waals surface area contributed by atoms with E-state index in [4.69, 9.17) is 14.2 Å². The van der Waals surface area contributed by atoms with Gasteiger partial charge in [-0.05, 0) is 42.5 Å². The van der Waals surface area contributed by atoms with Crippen molar-refractivity contribution in [3.05, 3.63) is 77.4 Å². The lowest BCUT2D eigenvalue weighted by molar-refractivity contribution is -0.117. The second-order valence-electron chi connectivity index (χ2n) is 8.04. The van der Waals surface area contributed by atoms with Gasteiger partial charge in [0.15, 0.2) is 11.5 Å². The Morgan fingerprint density at radius 2 is 1.63 bits per heavy atom. The monoisotopic (exact) mass is 473 g/mol. The van der Waals surface area contributed by atoms with Gasteiger partial charge in [-0.3, -0.25) is 19.3 Å². The van der Waals surface area contributed by atoms with Crippen molar-refractivity contribution in [2.75, 3.05) is 38.1 Å². The zero-order chi connectivity index (χ0) is 24.7. The second kappa shape index (κ2) is 8.68. The maximum atomic E-state index is 13.7. The molecule has 0 aliphatic carbocycles. The molecule has 0 radical (unpaired) electrons. The summed E-state index contributed by atoms with van der Waals surface area (Å²) in [6, 6.07) is 17.2. The van der Waals surface area contributed by atoms with Crippen molar-refractivity contribution >= 4 is 29.1 Å². The molecule has 1 N–H and O–H groups in total. The lowest BCUT2D eigenvalue weighted by atomic mass is 10.0. The zero-order valence-corrected chi connectivity index (χ0v) is 19.4. The lowest BCUT2D eigenvalue weighted by Crippen LogP contribution is -2.50. The fraction of sp³-hybridized carbons (Fsp3) is 0.192. The molecule has 0 saturated carbocycles. The van der Waals surface area contributed by atoms with Gasteiger partial charge in [0.1, 0.15) is 18.5 Å². The number of methoxy groups -OCH3 is 3. The van der Waals surface area contributed by atoms with Crippen LogP contribution < -0.4 is 24.4 Å². The van der Waals surface area contributed by atoms with Crippen LogP contribution in [0.4, 0.5) is 11.4 Å². The van der Waals surface area contributed by atoms with E-state index in [-0.39, 0.29) is 24.1 Å². The third-order valence-corrected chi connectivity index (χ3v) is 6.17. The van der Waals surface area contributed by atoms with Crippen LogP contribution in [0.15, 0.2) is 60.7 Å². The summed E-state index contributed by atoms with van der Waals surface area (Å²) in [5.41, 5.74) is 2.26. The van der Waals surface area contributed by atoms with Gasteiger partial charge in [-0.1, -0.05) is 18.2 Å². The van der Waals surface area contributed by atoms with Gasteiger partial charge in [-0.25, -0.2) is 0 Å². The first kappa shape index (κ1) is 22.3. The van der Waals surface area contributed by atoms with Crippen molar-refractivity contribution < 1.29 is 28.6 Å². The number of fused-ring (bicyclic) bond motifs is 5. The topological polar surface area (TPSA) is 97.4 Å². The minimum Gasteiger partial charge on any atom is -0.497 e. The maximum Gasteiger partial charge on any atom is 0.264 e. The Kier molecular flexibility index (Phi) is 5.52. The molecule has 0 aromatic heterocycles. The number of carbonyl (C=O) groups is 3. The summed E-state index contributed by atoms with van der Waals surface area (Å²) in [6.45, 7) is -0.262. The molecular weight excluding hydrogens is 450 g/mol. The molecule has 0 unspecified atom stereocenters. The molecule has 9 nitrogen and oxygen atoms in total. The van der Waals surface area contributed by atoms with Crippen molar-refractivity contribution in [2.24, 2.45) is 0 Å². The molecular formula is C26H23N3O6. The summed E-state index contributed by atoms with van der Waals surface area (Å²) in [5, 5.41) is 2.80. The van der Waals surface area contributed by atoms with Crippen LogP contribution in [-0.2, 0) is 4.79 Å². The van der Waals surface area contributed by atoms with E-state index in [1.165, 1.54) is 24.0 Å². The Hall–Kier alpha value is -4.53. The van der Waals surface area contributed by atoms with Gasteiger partial charge in [0, 0.05) is 11.3 Å². The van der Waals surface area contributed by atoms with Crippen LogP contribution in [0, 0.1) is 0 Å². The normalized spacial score (nSPS) is 15.8. The first-order valence-electron chi connectivity index (χ1n) is 10.9. The van der Waals surface area contributed by atoms with Crippen LogP contribution in [-0.4, -0.2) is 50.5 Å². The highest BCUT2D eigenvalue weighted by molar-refractivity contribution is 6.18. The maximum absolute atomic E-state index is 13.7. The highest BCUT2D eigenvalue weighted by Crippen LogP contribution is 2.49. The number of benzene rings is 3. The summed E-state index contributed by atoms with van der Waals surface area (Å²) in [5.74, 6) is 0.277. The molecule has 1 atom stereocenters. The highest BCUT2D eigenvalue weighted by Gasteiger charge is 2.50. The van der Waals surface area contributed by atoms with E-state index >= 15 is 0 Å². The Bertz CT molecular complexity index is 1340. The Balaban J connectivity index is 1.55. The quantitative estimate of drug-likeness (QED) is 0.589. The number of amides is 3. The van der Waals surface area contributed by atoms with Gasteiger partial charge < -0.3 is 24.4 Å². The molecule has 3 amide bonds. The lowest BCUT2D eigenvalue weighted by Gasteiger charge is -2.40. The van der Waals surface area contributed by atoms with E-state index in [1.54, 1.807) is 67.8 Å². The number of hydrogen-bond donors (Lipinski definition) is 1. The van der Waals surface area contributed by atoms with E-state index in [0.29, 0.717) is 39.6 Å². The number of ether oxygens (including phenoxy) is 3. The molecule has 2 aliphatic rings. The van der Waals surface area contributed by atoms with E-state index in [2.05, 4.69) is 5.32 Å². The van der Waals surface area contributed by atoms with Crippen molar-refractivity contribution in [1.29, 1.82) is 0 Å². The summed E-state index contributed by atoms with van der Waals surface area (Å²) in [7, 11) is 4.51. The Morgan fingerprint density at radius 3 is 2.31 bits per heavy atom. The van der Waals surface area contributed by atoms with E-state index in [9.17, 15) is 14.4 Å². The Labute approximate surface area is 201 Å². The van der Waals surface area contributed by atoms with Gasteiger partial charge in [0.25, 0.3) is 11.8 Å². The van der Waals surface area contributed by atoms with Crippen LogP contribution in [0.2, 0.25) is 0 Å². The predicted molar refractivity (Wildman–Crippen MR) is 128 cm³/mol. The molecule has 0 saturated heterocycles. The zero-order valence-electron chi connectivity index (χ0n) is 19.4. The molecule has 35 heavy (non-hydrogen) atoms. The molecule has 0 fully saturated rings. The smallest absolute Gasteiger partial charge is 0.264 e. The fourth-order valence-corrected chi connectivity index (χ4v) is 4.62. The number of nitrogens with zero attached hydrogens (tertiary/aromatic N) is 2. The first-order valence-corrected chi connectivity index (χ1v) is 10.9. The summed E-state index contributed by atoms with van der Waals surface area (Å²) < 4.78 is 16.0. The number of rotatable bonds is 6. The molecule has 3 aromatic rings. The number of anilines is 2. The van der Waals surface area contributed by atoms with Crippen LogP contribution in [0.3, 0.4) is 0 Å². The van der Waals surface area contributed by atoms with E-state index < -0.39 is 12.1 Å². The summed E-state index contributed by atoms with van der Waals surface area (Å²) in [6.07, 6.45) is -0.804. The Morgan fingerprint density at radius 1 is 0.886 bits per heavy atom. The van der Waals surface area contributed by atoms with Gasteiger partial charge in [0.2, 0.25) is 5.91 Å². The SMILES string of the molecule is COc1ccc(NC(=O)CN2C(=O)c3ccccc3N3C(=O)c4c(ccc(OC)c4OC)[C@H]23)cc1. The van der Waals surface area contributed by atoms with E-state index in [0.717, 1.165) is 0 Å². The van der Waals surface area contributed by atoms with Gasteiger partial charge >= 0.3 is 0 Å². The van der Waals surface area contributed by atoms with Crippen LogP contribution in [0.25, 0.3) is 0 Å². The minimum atomic E-state index is -0.804. The average Bonchev–Trinajstić information content (AvgIpc) is 3.18. The molecule has 2 heterocycles. The minimum absolute atomic E-state index is 0.262. The predicted octanol–water partition coefficient (Wildman–Crippen LogP) is 3.47. The van der Waals surface area contributed by atoms with Crippen LogP contribution in [0.1, 0.15) is 32.4 Å². The number of nitrogens with one attached hydrogen (secondary N) is 1. The molecule has 3 aromatic carbocycles. The van der Waals surface area contributed by atoms with Gasteiger partial charge in [-0.15, -0.1) is 0 Å². The molecule has 178 valence electrons. The first-order chi connectivity index (χ1) is 17.0. The number of carbonyl (C=O) groups excluding carboxylic acids is 3. The largest absolute Gasteiger partial charge is 0.497 e. The van der Waals surface area contributed by atoms with E-state index in [1.807, 2.05) is 0 Å². The van der Waals surface area contributed by atoms with Gasteiger partial charge in [-0.2, -0.15) is 0 Å². The summed E-state index contributed by atoms with van der Waals surface area (Å²) in [4.78, 5) is 43.2. The van der Waals surface area contributed by atoms with Crippen LogP contribution in [0.5, 0.6) is 17.2 Å². The number of hydrogen-bond acceptors (Lipinski definition) is 6. The third-order valence-electron chi connectivity index (χ3n) is 6.17. The molecule has 0 bridgehead atoms. The molecule has 5 rings (SSSR count). The average molecular weight is 473 g/mol. The van der Waals surface area contributed by atoms with Crippen molar-refractivity contribution in [3.63, 3.8) is 0 Å². The van der Waals surface area contributed by atoms with Crippen LogP contribution >= 0.6 is 0 Å². The summed E-state index contributed by atoms with van der Waals surface area (Å²) >= 11 is 0. The second-order valence-corrected chi connectivity index (χ2v) is 8.04.